The number of aromatic nitrogens is 1. The predicted molar refractivity (Wildman–Crippen MR) is 133 cm³/mol. The lowest BCUT2D eigenvalue weighted by molar-refractivity contribution is 0.180. The molecule has 2 aromatic carbocycles. The van der Waals surface area contributed by atoms with Gasteiger partial charge in [-0.15, -0.1) is 11.3 Å². The van der Waals surface area contributed by atoms with Crippen LogP contribution in [0.15, 0.2) is 79.0 Å². The van der Waals surface area contributed by atoms with E-state index in [4.69, 9.17) is 0 Å². The molecule has 5 heteroatoms. The maximum atomic E-state index is 13.7. The SMILES string of the molecule is O=C(NCc1ccccc1)N1Cc2c(sc3c2CCCC3)-n2cccc2[C@@H]1c1ccccc1. The number of urea groups is 1. The molecule has 2 aromatic heterocycles. The van der Waals surface area contributed by atoms with Crippen LogP contribution in [0.3, 0.4) is 0 Å². The molecule has 2 aliphatic rings. The number of hydrogen-bond acceptors (Lipinski definition) is 2. The Kier molecular flexibility index (Phi) is 5.27. The molecule has 0 saturated heterocycles. The Balaban J connectivity index is 1.44. The van der Waals surface area contributed by atoms with E-state index in [1.165, 1.54) is 33.8 Å². The summed E-state index contributed by atoms with van der Waals surface area (Å²) in [6, 6.07) is 24.7. The van der Waals surface area contributed by atoms with Crippen molar-refractivity contribution in [3.8, 4) is 5.00 Å². The first kappa shape index (κ1) is 20.3. The molecule has 2 amide bonds. The van der Waals surface area contributed by atoms with Crippen molar-refractivity contribution in [2.75, 3.05) is 0 Å². The fourth-order valence-electron chi connectivity index (χ4n) is 5.25. The van der Waals surface area contributed by atoms with Crippen LogP contribution in [0, 0.1) is 0 Å². The molecule has 0 unspecified atom stereocenters. The molecule has 4 aromatic rings. The average Bonchev–Trinajstić information content (AvgIpc) is 3.45. The van der Waals surface area contributed by atoms with E-state index in [1.54, 1.807) is 0 Å². The zero-order chi connectivity index (χ0) is 22.2. The lowest BCUT2D eigenvalue weighted by Gasteiger charge is -2.31. The Morgan fingerprint density at radius 1 is 0.909 bits per heavy atom. The van der Waals surface area contributed by atoms with Gasteiger partial charge in [-0.25, -0.2) is 4.79 Å². The number of hydrogen-bond donors (Lipinski definition) is 1. The third-order valence-corrected chi connectivity index (χ3v) is 8.17. The molecule has 3 heterocycles. The van der Waals surface area contributed by atoms with Crippen molar-refractivity contribution >= 4 is 17.4 Å². The lowest BCUT2D eigenvalue weighted by atomic mass is 9.95. The van der Waals surface area contributed by atoms with Crippen LogP contribution in [0.25, 0.3) is 5.00 Å². The summed E-state index contributed by atoms with van der Waals surface area (Å²) in [7, 11) is 0. The molecule has 6 rings (SSSR count). The van der Waals surface area contributed by atoms with Crippen LogP contribution in [0.1, 0.15) is 51.7 Å². The first-order chi connectivity index (χ1) is 16.3. The van der Waals surface area contributed by atoms with Gasteiger partial charge in [-0.05, 0) is 54.5 Å². The highest BCUT2D eigenvalue weighted by Crippen LogP contribution is 2.43. The van der Waals surface area contributed by atoms with E-state index in [0.29, 0.717) is 13.1 Å². The molecule has 33 heavy (non-hydrogen) atoms. The van der Waals surface area contributed by atoms with Crippen LogP contribution in [-0.4, -0.2) is 15.5 Å². The highest BCUT2D eigenvalue weighted by atomic mass is 32.1. The van der Waals surface area contributed by atoms with E-state index < -0.39 is 0 Å². The summed E-state index contributed by atoms with van der Waals surface area (Å²) in [5.74, 6) is 0. The lowest BCUT2D eigenvalue weighted by Crippen LogP contribution is -2.41. The van der Waals surface area contributed by atoms with Gasteiger partial charge in [0.2, 0.25) is 0 Å². The first-order valence-corrected chi connectivity index (χ1v) is 12.6. The Morgan fingerprint density at radius 3 is 2.48 bits per heavy atom. The number of rotatable bonds is 3. The Labute approximate surface area is 198 Å². The molecule has 0 fully saturated rings. The quantitative estimate of drug-likeness (QED) is 0.392. The third-order valence-electron chi connectivity index (χ3n) is 6.84. The summed E-state index contributed by atoms with van der Waals surface area (Å²) in [6.07, 6.45) is 6.94. The molecule has 1 N–H and O–H groups in total. The number of fused-ring (bicyclic) bond motifs is 5. The summed E-state index contributed by atoms with van der Waals surface area (Å²) in [5, 5.41) is 4.50. The van der Waals surface area contributed by atoms with E-state index >= 15 is 0 Å². The number of carbonyl (C=O) groups excluding carboxylic acids is 1. The summed E-state index contributed by atoms with van der Waals surface area (Å²) in [4.78, 5) is 17.3. The van der Waals surface area contributed by atoms with Crippen molar-refractivity contribution in [3.63, 3.8) is 0 Å². The largest absolute Gasteiger partial charge is 0.334 e. The summed E-state index contributed by atoms with van der Waals surface area (Å²) in [5.41, 5.74) is 6.20. The van der Waals surface area contributed by atoms with Gasteiger partial charge in [-0.3, -0.25) is 0 Å². The van der Waals surface area contributed by atoms with Gasteiger partial charge in [0.1, 0.15) is 5.00 Å². The summed E-state index contributed by atoms with van der Waals surface area (Å²) >= 11 is 1.92. The fourth-order valence-corrected chi connectivity index (χ4v) is 6.65. The molecular formula is C28H27N3OS. The standard InChI is InChI=1S/C28H27N3OS/c32-28(29-18-20-10-3-1-4-11-20)31-19-23-22-14-7-8-16-25(22)33-27(23)30-17-9-15-24(30)26(31)21-12-5-2-6-13-21/h1-6,9-13,15,17,26H,7-8,14,16,18-19H2,(H,29,32)/t26-/m0/s1. The Morgan fingerprint density at radius 2 is 1.67 bits per heavy atom. The molecule has 1 aliphatic heterocycles. The number of aryl methyl sites for hydroxylation is 1. The van der Waals surface area contributed by atoms with Gasteiger partial charge >= 0.3 is 6.03 Å². The van der Waals surface area contributed by atoms with Gasteiger partial charge in [0.15, 0.2) is 0 Å². The third kappa shape index (κ3) is 3.66. The molecule has 1 atom stereocenters. The molecular weight excluding hydrogens is 426 g/mol. The molecule has 166 valence electrons. The molecule has 1 aliphatic carbocycles. The van der Waals surface area contributed by atoms with E-state index in [0.717, 1.165) is 29.7 Å². The van der Waals surface area contributed by atoms with Crippen molar-refractivity contribution in [2.45, 2.75) is 44.8 Å². The zero-order valence-electron chi connectivity index (χ0n) is 18.5. The van der Waals surface area contributed by atoms with Crippen LogP contribution >= 0.6 is 11.3 Å². The first-order valence-electron chi connectivity index (χ1n) is 11.7. The minimum atomic E-state index is -0.143. The Hall–Kier alpha value is -3.31. The number of nitrogens with zero attached hydrogens (tertiary/aromatic N) is 2. The molecule has 0 spiro atoms. The maximum Gasteiger partial charge on any atom is 0.318 e. The molecule has 0 radical (unpaired) electrons. The highest BCUT2D eigenvalue weighted by molar-refractivity contribution is 7.15. The second-order valence-electron chi connectivity index (χ2n) is 8.88. The highest BCUT2D eigenvalue weighted by Gasteiger charge is 2.35. The second-order valence-corrected chi connectivity index (χ2v) is 9.97. The molecule has 0 saturated carbocycles. The topological polar surface area (TPSA) is 37.3 Å². The van der Waals surface area contributed by atoms with Gasteiger partial charge in [0.25, 0.3) is 0 Å². The van der Waals surface area contributed by atoms with Crippen molar-refractivity contribution < 1.29 is 4.79 Å². The number of amides is 2. The van der Waals surface area contributed by atoms with Gasteiger partial charge in [0.05, 0.1) is 18.3 Å². The van der Waals surface area contributed by atoms with Crippen molar-refractivity contribution in [1.29, 1.82) is 0 Å². The van der Waals surface area contributed by atoms with Gasteiger partial charge < -0.3 is 14.8 Å². The van der Waals surface area contributed by atoms with Crippen LogP contribution in [0.4, 0.5) is 4.79 Å². The van der Waals surface area contributed by atoms with Crippen molar-refractivity contribution in [2.24, 2.45) is 0 Å². The van der Waals surface area contributed by atoms with E-state index in [-0.39, 0.29) is 12.1 Å². The smallest absolute Gasteiger partial charge is 0.318 e. The van der Waals surface area contributed by atoms with Crippen LogP contribution in [0.2, 0.25) is 0 Å². The molecule has 0 bridgehead atoms. The summed E-state index contributed by atoms with van der Waals surface area (Å²) in [6.45, 7) is 1.15. The minimum Gasteiger partial charge on any atom is -0.334 e. The monoisotopic (exact) mass is 453 g/mol. The van der Waals surface area contributed by atoms with Crippen molar-refractivity contribution in [1.82, 2.24) is 14.8 Å². The second kappa shape index (κ2) is 8.56. The number of benzene rings is 2. The zero-order valence-corrected chi connectivity index (χ0v) is 19.4. The predicted octanol–water partition coefficient (Wildman–Crippen LogP) is 6.23. The Bertz CT molecular complexity index is 1280. The average molecular weight is 454 g/mol. The van der Waals surface area contributed by atoms with Crippen LogP contribution in [0.5, 0.6) is 0 Å². The summed E-state index contributed by atoms with van der Waals surface area (Å²) < 4.78 is 2.33. The van der Waals surface area contributed by atoms with Crippen molar-refractivity contribution in [3.05, 3.63) is 112 Å². The number of thiophene rings is 1. The van der Waals surface area contributed by atoms with Gasteiger partial charge in [-0.2, -0.15) is 0 Å². The fraction of sp³-hybridized carbons (Fsp3) is 0.250. The van der Waals surface area contributed by atoms with E-state index in [1.807, 2.05) is 40.5 Å². The number of carbonyl (C=O) groups is 1. The van der Waals surface area contributed by atoms with E-state index in [2.05, 4.69) is 64.6 Å². The number of nitrogens with one attached hydrogen (secondary N) is 1. The van der Waals surface area contributed by atoms with Crippen LogP contribution < -0.4 is 5.32 Å². The molecule has 4 nitrogen and oxygen atoms in total. The maximum absolute atomic E-state index is 13.7. The normalized spacial score (nSPS) is 17.0. The minimum absolute atomic E-state index is 0.0240. The van der Waals surface area contributed by atoms with E-state index in [9.17, 15) is 4.79 Å². The van der Waals surface area contributed by atoms with Crippen LogP contribution in [-0.2, 0) is 25.9 Å². The van der Waals surface area contributed by atoms with Gasteiger partial charge in [0, 0.05) is 23.2 Å². The van der Waals surface area contributed by atoms with Gasteiger partial charge in [-0.1, -0.05) is 60.7 Å².